The first-order valence-electron chi connectivity index (χ1n) is 6.23. The molecule has 3 rings (SSSR count). The van der Waals surface area contributed by atoms with Crippen LogP contribution in [0.15, 0.2) is 24.4 Å². The molecule has 0 saturated carbocycles. The van der Waals surface area contributed by atoms with Crippen molar-refractivity contribution in [2.45, 2.75) is 19.4 Å². The molecule has 1 aromatic heterocycles. The van der Waals surface area contributed by atoms with Crippen molar-refractivity contribution in [2.75, 3.05) is 13.4 Å². The van der Waals surface area contributed by atoms with Gasteiger partial charge in [0, 0.05) is 12.8 Å². The van der Waals surface area contributed by atoms with E-state index >= 15 is 0 Å². The largest absolute Gasteiger partial charge is 0.454 e. The minimum atomic E-state index is 0.176. The van der Waals surface area contributed by atoms with Crippen LogP contribution in [0.2, 0.25) is 0 Å². The van der Waals surface area contributed by atoms with Gasteiger partial charge >= 0.3 is 0 Å². The van der Waals surface area contributed by atoms with Crippen LogP contribution in [0.5, 0.6) is 11.5 Å². The molecule has 6 heteroatoms. The zero-order valence-electron chi connectivity index (χ0n) is 10.5. The van der Waals surface area contributed by atoms with Crippen molar-refractivity contribution in [3.05, 3.63) is 35.7 Å². The van der Waals surface area contributed by atoms with Crippen molar-refractivity contribution in [3.8, 4) is 11.5 Å². The van der Waals surface area contributed by atoms with E-state index < -0.39 is 0 Å². The average molecular weight is 261 g/mol. The van der Waals surface area contributed by atoms with Crippen molar-refractivity contribution in [1.29, 1.82) is 0 Å². The number of nitrogens with zero attached hydrogens (tertiary/aromatic N) is 3. The van der Waals surface area contributed by atoms with Crippen LogP contribution in [0, 0.1) is 0 Å². The second-order valence-corrected chi connectivity index (χ2v) is 4.42. The van der Waals surface area contributed by atoms with E-state index in [0.717, 1.165) is 29.2 Å². The number of aromatic nitrogens is 3. The highest BCUT2D eigenvalue weighted by atomic mass is 16.7. The fourth-order valence-corrected chi connectivity index (χ4v) is 2.02. The van der Waals surface area contributed by atoms with Crippen molar-refractivity contribution < 1.29 is 14.6 Å². The first-order chi connectivity index (χ1) is 9.35. The van der Waals surface area contributed by atoms with Gasteiger partial charge in [0.15, 0.2) is 11.5 Å². The Morgan fingerprint density at radius 2 is 2.16 bits per heavy atom. The van der Waals surface area contributed by atoms with Crippen molar-refractivity contribution in [3.63, 3.8) is 0 Å². The van der Waals surface area contributed by atoms with Gasteiger partial charge in [-0.15, -0.1) is 5.10 Å². The van der Waals surface area contributed by atoms with Crippen LogP contribution in [-0.4, -0.2) is 33.5 Å². The minimum Gasteiger partial charge on any atom is -0.454 e. The number of ether oxygens (including phenoxy) is 2. The van der Waals surface area contributed by atoms with Gasteiger partial charge in [-0.3, -0.25) is 0 Å². The molecule has 100 valence electrons. The van der Waals surface area contributed by atoms with Crippen LogP contribution < -0.4 is 9.47 Å². The molecule has 1 aliphatic rings. The number of benzene rings is 1. The second-order valence-electron chi connectivity index (χ2n) is 4.42. The van der Waals surface area contributed by atoms with Crippen LogP contribution in [0.3, 0.4) is 0 Å². The Bertz CT molecular complexity index is 568. The predicted molar refractivity (Wildman–Crippen MR) is 67.1 cm³/mol. The normalized spacial score (nSPS) is 12.9. The molecular formula is C13H15N3O3. The lowest BCUT2D eigenvalue weighted by Gasteiger charge is -2.02. The number of hydrogen-bond donors (Lipinski definition) is 1. The first-order valence-corrected chi connectivity index (χ1v) is 6.23. The fraction of sp³-hybridized carbons (Fsp3) is 0.385. The summed E-state index contributed by atoms with van der Waals surface area (Å²) in [5.74, 6) is 1.56. The molecule has 2 aromatic rings. The summed E-state index contributed by atoms with van der Waals surface area (Å²) in [4.78, 5) is 0. The standard InChI is InChI=1S/C13H15N3O3/c17-5-1-2-11-8-16(15-14-11)7-10-3-4-12-13(6-10)19-9-18-12/h3-4,6,8,17H,1-2,5,7,9H2. The van der Waals surface area contributed by atoms with E-state index in [4.69, 9.17) is 14.6 Å². The Hall–Kier alpha value is -2.08. The molecule has 0 unspecified atom stereocenters. The molecule has 0 bridgehead atoms. The first kappa shape index (κ1) is 12.0. The van der Waals surface area contributed by atoms with Crippen molar-refractivity contribution in [2.24, 2.45) is 0 Å². The van der Waals surface area contributed by atoms with Gasteiger partial charge < -0.3 is 14.6 Å². The zero-order valence-corrected chi connectivity index (χ0v) is 10.5. The van der Waals surface area contributed by atoms with Crippen molar-refractivity contribution in [1.82, 2.24) is 15.0 Å². The molecule has 0 amide bonds. The van der Waals surface area contributed by atoms with Crippen molar-refractivity contribution >= 4 is 0 Å². The van der Waals surface area contributed by atoms with E-state index in [-0.39, 0.29) is 13.4 Å². The third-order valence-corrected chi connectivity index (χ3v) is 2.96. The van der Waals surface area contributed by atoms with Crippen LogP contribution in [0.25, 0.3) is 0 Å². The highest BCUT2D eigenvalue weighted by molar-refractivity contribution is 5.44. The monoisotopic (exact) mass is 261 g/mol. The summed E-state index contributed by atoms with van der Waals surface area (Å²) in [5, 5.41) is 16.9. The molecule has 0 atom stereocenters. The van der Waals surface area contributed by atoms with Gasteiger partial charge in [-0.25, -0.2) is 4.68 Å². The Labute approximate surface area is 110 Å². The molecule has 1 aromatic carbocycles. The van der Waals surface area contributed by atoms with Gasteiger partial charge in [0.25, 0.3) is 0 Å². The highest BCUT2D eigenvalue weighted by Gasteiger charge is 2.13. The Kier molecular flexibility index (Phi) is 3.33. The maximum Gasteiger partial charge on any atom is 0.231 e. The smallest absolute Gasteiger partial charge is 0.231 e. The Morgan fingerprint density at radius 1 is 1.26 bits per heavy atom. The molecule has 0 radical (unpaired) electrons. The third-order valence-electron chi connectivity index (χ3n) is 2.96. The van der Waals surface area contributed by atoms with E-state index in [2.05, 4.69) is 10.3 Å². The highest BCUT2D eigenvalue weighted by Crippen LogP contribution is 2.32. The Balaban J connectivity index is 1.69. The molecule has 2 heterocycles. The van der Waals surface area contributed by atoms with Crippen LogP contribution in [-0.2, 0) is 13.0 Å². The van der Waals surface area contributed by atoms with E-state index in [1.165, 1.54) is 0 Å². The van der Waals surface area contributed by atoms with Gasteiger partial charge in [0.05, 0.1) is 12.2 Å². The molecule has 0 aliphatic carbocycles. The predicted octanol–water partition coefficient (Wildman–Crippen LogP) is 0.980. The van der Waals surface area contributed by atoms with E-state index in [1.54, 1.807) is 4.68 Å². The lowest BCUT2D eigenvalue weighted by atomic mass is 10.2. The van der Waals surface area contributed by atoms with E-state index in [0.29, 0.717) is 13.0 Å². The summed E-state index contributed by atoms with van der Waals surface area (Å²) < 4.78 is 12.4. The van der Waals surface area contributed by atoms with Gasteiger partial charge in [-0.1, -0.05) is 11.3 Å². The Morgan fingerprint density at radius 3 is 3.05 bits per heavy atom. The molecule has 0 saturated heterocycles. The van der Waals surface area contributed by atoms with Crippen LogP contribution in [0.4, 0.5) is 0 Å². The number of rotatable bonds is 5. The quantitative estimate of drug-likeness (QED) is 0.868. The maximum atomic E-state index is 8.78. The molecule has 19 heavy (non-hydrogen) atoms. The summed E-state index contributed by atoms with van der Waals surface area (Å²) in [6, 6.07) is 5.85. The summed E-state index contributed by atoms with van der Waals surface area (Å²) in [6.07, 6.45) is 3.36. The van der Waals surface area contributed by atoms with Crippen LogP contribution in [0.1, 0.15) is 17.7 Å². The third kappa shape index (κ3) is 2.68. The SMILES string of the molecule is OCCCc1cn(Cc2ccc3c(c2)OCO3)nn1. The maximum absolute atomic E-state index is 8.78. The van der Waals surface area contributed by atoms with Gasteiger partial charge in [-0.2, -0.15) is 0 Å². The number of aliphatic hydroxyl groups excluding tert-OH is 1. The van der Waals surface area contributed by atoms with E-state index in [1.807, 2.05) is 24.4 Å². The molecule has 6 nitrogen and oxygen atoms in total. The number of aryl methyl sites for hydroxylation is 1. The lowest BCUT2D eigenvalue weighted by molar-refractivity contribution is 0.174. The second kappa shape index (κ2) is 5.27. The summed E-state index contributed by atoms with van der Waals surface area (Å²) in [5.41, 5.74) is 1.98. The minimum absolute atomic E-state index is 0.176. The molecular weight excluding hydrogens is 246 g/mol. The number of fused-ring (bicyclic) bond motifs is 1. The summed E-state index contributed by atoms with van der Waals surface area (Å²) in [6.45, 7) is 1.10. The molecule has 0 fully saturated rings. The van der Waals surface area contributed by atoms with Gasteiger partial charge in [0.1, 0.15) is 0 Å². The number of aliphatic hydroxyl groups is 1. The molecule has 1 aliphatic heterocycles. The summed E-state index contributed by atoms with van der Waals surface area (Å²) >= 11 is 0. The summed E-state index contributed by atoms with van der Waals surface area (Å²) in [7, 11) is 0. The van der Waals surface area contributed by atoms with E-state index in [9.17, 15) is 0 Å². The lowest BCUT2D eigenvalue weighted by Crippen LogP contribution is -2.00. The average Bonchev–Trinajstić information content (AvgIpc) is 3.05. The van der Waals surface area contributed by atoms with Crippen LogP contribution >= 0.6 is 0 Å². The van der Waals surface area contributed by atoms with Gasteiger partial charge in [-0.05, 0) is 30.5 Å². The topological polar surface area (TPSA) is 69.4 Å². The number of hydrogen-bond acceptors (Lipinski definition) is 5. The zero-order chi connectivity index (χ0) is 13.1. The fourth-order valence-electron chi connectivity index (χ4n) is 2.02. The van der Waals surface area contributed by atoms with Gasteiger partial charge in [0.2, 0.25) is 6.79 Å². The molecule has 0 spiro atoms. The molecule has 1 N–H and O–H groups in total.